The molecule has 0 radical (unpaired) electrons. The molecule has 3 aromatic rings. The number of nitrogens with zero attached hydrogens (tertiary/aromatic N) is 3. The Hall–Kier alpha value is -3.41. The summed E-state index contributed by atoms with van der Waals surface area (Å²) >= 11 is 0. The molecule has 2 amide bonds. The molecular weight excluding hydrogens is 364 g/mol. The van der Waals surface area contributed by atoms with Gasteiger partial charge in [-0.1, -0.05) is 48.0 Å². The molecule has 6 nitrogen and oxygen atoms in total. The molecule has 1 fully saturated rings. The fourth-order valence-corrected chi connectivity index (χ4v) is 3.52. The number of aromatic nitrogens is 2. The molecule has 29 heavy (non-hydrogen) atoms. The lowest BCUT2D eigenvalue weighted by Crippen LogP contribution is -2.32. The summed E-state index contributed by atoms with van der Waals surface area (Å²) in [5, 5.41) is 7.29. The lowest BCUT2D eigenvalue weighted by molar-refractivity contribution is -0.129. The molecule has 2 heterocycles. The van der Waals surface area contributed by atoms with Crippen LogP contribution in [0.5, 0.6) is 0 Å². The van der Waals surface area contributed by atoms with E-state index >= 15 is 0 Å². The number of amides is 2. The number of carbonyl (C=O) groups is 2. The summed E-state index contributed by atoms with van der Waals surface area (Å²) in [6.07, 6.45) is 3.91. The molecule has 4 rings (SSSR count). The first-order valence-corrected chi connectivity index (χ1v) is 9.78. The summed E-state index contributed by atoms with van der Waals surface area (Å²) in [7, 11) is 0. The van der Waals surface area contributed by atoms with Crippen molar-refractivity contribution in [2.24, 2.45) is 5.92 Å². The molecule has 0 saturated carbocycles. The molecule has 6 heteroatoms. The van der Waals surface area contributed by atoms with Crippen molar-refractivity contribution in [3.8, 4) is 5.69 Å². The van der Waals surface area contributed by atoms with Crippen LogP contribution >= 0.6 is 0 Å². The van der Waals surface area contributed by atoms with Gasteiger partial charge in [0.2, 0.25) is 11.8 Å². The minimum absolute atomic E-state index is 0.0302. The quantitative estimate of drug-likeness (QED) is 0.706. The Morgan fingerprint density at radius 1 is 1.10 bits per heavy atom. The highest BCUT2D eigenvalue weighted by atomic mass is 16.2. The average Bonchev–Trinajstić information content (AvgIpc) is 3.36. The Kier molecular flexibility index (Phi) is 5.42. The smallest absolute Gasteiger partial charge is 0.225 e. The Labute approximate surface area is 170 Å². The average molecular weight is 388 g/mol. The van der Waals surface area contributed by atoms with Crippen molar-refractivity contribution in [2.45, 2.75) is 26.4 Å². The molecule has 0 aliphatic carbocycles. The number of nitrogens with one attached hydrogen (secondary N) is 1. The van der Waals surface area contributed by atoms with Gasteiger partial charge < -0.3 is 10.2 Å². The molecule has 0 spiro atoms. The van der Waals surface area contributed by atoms with E-state index in [0.29, 0.717) is 19.6 Å². The number of carbonyl (C=O) groups excluding carboxylic acids is 2. The summed E-state index contributed by atoms with van der Waals surface area (Å²) in [6, 6.07) is 17.9. The molecule has 1 aromatic heterocycles. The molecule has 2 aromatic carbocycles. The van der Waals surface area contributed by atoms with Gasteiger partial charge in [-0.05, 0) is 24.6 Å². The zero-order valence-corrected chi connectivity index (χ0v) is 16.4. The van der Waals surface area contributed by atoms with Crippen LogP contribution in [0.25, 0.3) is 5.69 Å². The summed E-state index contributed by atoms with van der Waals surface area (Å²) in [4.78, 5) is 26.7. The van der Waals surface area contributed by atoms with Crippen LogP contribution in [0.1, 0.15) is 23.1 Å². The predicted octanol–water partition coefficient (Wildman–Crippen LogP) is 2.85. The van der Waals surface area contributed by atoms with Crippen molar-refractivity contribution in [3.63, 3.8) is 0 Å². The van der Waals surface area contributed by atoms with Gasteiger partial charge >= 0.3 is 0 Å². The number of benzene rings is 2. The van der Waals surface area contributed by atoms with Crippen LogP contribution in [0.2, 0.25) is 0 Å². The van der Waals surface area contributed by atoms with Gasteiger partial charge in [0, 0.05) is 37.8 Å². The molecule has 1 atom stereocenters. The maximum atomic E-state index is 12.6. The van der Waals surface area contributed by atoms with Gasteiger partial charge in [-0.15, -0.1) is 0 Å². The van der Waals surface area contributed by atoms with Gasteiger partial charge in [0.25, 0.3) is 0 Å². The maximum Gasteiger partial charge on any atom is 0.225 e. The minimum Gasteiger partial charge on any atom is -0.352 e. The summed E-state index contributed by atoms with van der Waals surface area (Å²) in [5.74, 6) is -0.364. The van der Waals surface area contributed by atoms with Crippen molar-refractivity contribution in [1.82, 2.24) is 20.0 Å². The third kappa shape index (κ3) is 4.54. The molecule has 1 aliphatic rings. The standard InChI is InChI=1S/C23H24N4O2/c1-17-7-9-18(10-8-17)14-26-16-20(11-22(26)28)23(29)24-12-19-13-25-27(15-19)21-5-3-2-4-6-21/h2-10,13,15,20H,11-12,14,16H2,1H3,(H,24,29). The Morgan fingerprint density at radius 3 is 2.62 bits per heavy atom. The highest BCUT2D eigenvalue weighted by Gasteiger charge is 2.34. The van der Waals surface area contributed by atoms with E-state index in [-0.39, 0.29) is 24.2 Å². The van der Waals surface area contributed by atoms with E-state index < -0.39 is 0 Å². The number of aryl methyl sites for hydroxylation is 1. The molecule has 1 N–H and O–H groups in total. The molecule has 0 bridgehead atoms. The second-order valence-corrected chi connectivity index (χ2v) is 7.51. The second kappa shape index (κ2) is 8.31. The first kappa shape index (κ1) is 18.9. The number of likely N-dealkylation sites (tertiary alicyclic amines) is 1. The lowest BCUT2D eigenvalue weighted by Gasteiger charge is -2.16. The molecular formula is C23H24N4O2. The molecule has 1 aliphatic heterocycles. The Balaban J connectivity index is 1.31. The maximum absolute atomic E-state index is 12.6. The highest BCUT2D eigenvalue weighted by Crippen LogP contribution is 2.21. The summed E-state index contributed by atoms with van der Waals surface area (Å²) < 4.78 is 1.78. The van der Waals surface area contributed by atoms with E-state index in [1.54, 1.807) is 15.8 Å². The van der Waals surface area contributed by atoms with Crippen molar-refractivity contribution >= 4 is 11.8 Å². The van der Waals surface area contributed by atoms with Crippen LogP contribution in [-0.2, 0) is 22.7 Å². The van der Waals surface area contributed by atoms with E-state index in [2.05, 4.69) is 10.4 Å². The summed E-state index contributed by atoms with van der Waals surface area (Å²) in [6.45, 7) is 3.44. The zero-order valence-electron chi connectivity index (χ0n) is 16.4. The van der Waals surface area contributed by atoms with Crippen LogP contribution in [0, 0.1) is 12.8 Å². The second-order valence-electron chi connectivity index (χ2n) is 7.51. The van der Waals surface area contributed by atoms with Gasteiger partial charge in [0.15, 0.2) is 0 Å². The van der Waals surface area contributed by atoms with Crippen LogP contribution in [0.3, 0.4) is 0 Å². The fourth-order valence-electron chi connectivity index (χ4n) is 3.52. The van der Waals surface area contributed by atoms with E-state index in [9.17, 15) is 9.59 Å². The van der Waals surface area contributed by atoms with Crippen molar-refractivity contribution in [2.75, 3.05) is 6.54 Å². The van der Waals surface area contributed by atoms with Crippen LogP contribution in [0.4, 0.5) is 0 Å². The number of para-hydroxylation sites is 1. The van der Waals surface area contributed by atoms with Crippen molar-refractivity contribution in [3.05, 3.63) is 83.7 Å². The number of hydrogen-bond acceptors (Lipinski definition) is 3. The molecule has 1 unspecified atom stereocenters. The third-order valence-corrected chi connectivity index (χ3v) is 5.20. The molecule has 148 valence electrons. The van der Waals surface area contributed by atoms with Crippen LogP contribution in [0.15, 0.2) is 67.0 Å². The summed E-state index contributed by atoms with van der Waals surface area (Å²) in [5.41, 5.74) is 4.16. The Bertz CT molecular complexity index is 995. The fraction of sp³-hybridized carbons (Fsp3) is 0.261. The van der Waals surface area contributed by atoms with Crippen LogP contribution < -0.4 is 5.32 Å². The van der Waals surface area contributed by atoms with E-state index in [0.717, 1.165) is 16.8 Å². The SMILES string of the molecule is Cc1ccc(CN2CC(C(=O)NCc3cnn(-c4ccccc4)c3)CC2=O)cc1. The lowest BCUT2D eigenvalue weighted by atomic mass is 10.1. The zero-order chi connectivity index (χ0) is 20.2. The highest BCUT2D eigenvalue weighted by molar-refractivity contribution is 5.89. The van der Waals surface area contributed by atoms with Crippen molar-refractivity contribution in [1.29, 1.82) is 0 Å². The minimum atomic E-state index is -0.308. The van der Waals surface area contributed by atoms with Crippen LogP contribution in [-0.4, -0.2) is 33.0 Å². The number of rotatable bonds is 6. The Morgan fingerprint density at radius 2 is 1.86 bits per heavy atom. The topological polar surface area (TPSA) is 67.2 Å². The third-order valence-electron chi connectivity index (χ3n) is 5.20. The number of hydrogen-bond donors (Lipinski definition) is 1. The van der Waals surface area contributed by atoms with E-state index in [1.165, 1.54) is 5.56 Å². The van der Waals surface area contributed by atoms with Crippen molar-refractivity contribution < 1.29 is 9.59 Å². The largest absolute Gasteiger partial charge is 0.352 e. The normalized spacial score (nSPS) is 16.2. The monoisotopic (exact) mass is 388 g/mol. The van der Waals surface area contributed by atoms with Gasteiger partial charge in [0.05, 0.1) is 17.8 Å². The van der Waals surface area contributed by atoms with Gasteiger partial charge in [-0.3, -0.25) is 9.59 Å². The van der Waals surface area contributed by atoms with Gasteiger partial charge in [-0.25, -0.2) is 4.68 Å². The first-order chi connectivity index (χ1) is 14.1. The predicted molar refractivity (Wildman–Crippen MR) is 110 cm³/mol. The molecule has 1 saturated heterocycles. The van der Waals surface area contributed by atoms with Gasteiger partial charge in [0.1, 0.15) is 0 Å². The first-order valence-electron chi connectivity index (χ1n) is 9.78. The van der Waals surface area contributed by atoms with E-state index in [4.69, 9.17) is 0 Å². The van der Waals surface area contributed by atoms with E-state index in [1.807, 2.05) is 67.7 Å². The van der Waals surface area contributed by atoms with Gasteiger partial charge in [-0.2, -0.15) is 5.10 Å².